The normalized spacial score (nSPS) is 13.4. The molecule has 1 aliphatic rings. The number of benzene rings is 3. The molecular formula is C24H18OS2. The summed E-state index contributed by atoms with van der Waals surface area (Å²) in [5, 5.41) is 0. The molecule has 0 bridgehead atoms. The first kappa shape index (κ1) is 17.8. The topological polar surface area (TPSA) is 9.23 Å². The molecule has 0 amide bonds. The average Bonchev–Trinajstić information content (AvgIpc) is 2.72. The summed E-state index contributed by atoms with van der Waals surface area (Å²) in [4.78, 5) is 1.71. The van der Waals surface area contributed by atoms with Crippen molar-refractivity contribution in [3.63, 3.8) is 0 Å². The van der Waals surface area contributed by atoms with Gasteiger partial charge in [0, 0.05) is 21.7 Å². The van der Waals surface area contributed by atoms with Crippen LogP contribution < -0.4 is 4.74 Å². The molecule has 0 saturated heterocycles. The van der Waals surface area contributed by atoms with Gasteiger partial charge in [-0.2, -0.15) is 0 Å². The Bertz CT molecular complexity index is 1030. The summed E-state index contributed by atoms with van der Waals surface area (Å²) in [7, 11) is 0. The van der Waals surface area contributed by atoms with Gasteiger partial charge < -0.3 is 4.74 Å². The van der Waals surface area contributed by atoms with Gasteiger partial charge in [0.2, 0.25) is 0 Å². The van der Waals surface area contributed by atoms with Gasteiger partial charge in [0.05, 0.1) is 0 Å². The number of hydrogen-bond donors (Lipinski definition) is 1. The van der Waals surface area contributed by atoms with E-state index in [4.69, 9.17) is 29.6 Å². The molecule has 0 atom stereocenters. The third kappa shape index (κ3) is 3.90. The second-order valence-electron chi connectivity index (χ2n) is 6.28. The van der Waals surface area contributed by atoms with E-state index in [1.165, 1.54) is 0 Å². The van der Waals surface area contributed by atoms with Gasteiger partial charge in [0.1, 0.15) is 11.5 Å². The molecule has 0 heterocycles. The van der Waals surface area contributed by atoms with Gasteiger partial charge in [0.25, 0.3) is 0 Å². The fraction of sp³-hybridized carbons (Fsp3) is 0.0417. The summed E-state index contributed by atoms with van der Waals surface area (Å²) < 4.78 is 6.32. The molecule has 0 spiro atoms. The summed E-state index contributed by atoms with van der Waals surface area (Å²) in [6, 6.07) is 24.7. The van der Waals surface area contributed by atoms with Gasteiger partial charge in [-0.1, -0.05) is 78.9 Å². The largest absolute Gasteiger partial charge is 0.456 e. The maximum Gasteiger partial charge on any atom is 0.149 e. The van der Waals surface area contributed by atoms with E-state index in [0.29, 0.717) is 0 Å². The lowest BCUT2D eigenvalue weighted by molar-refractivity contribution is 0.434. The highest BCUT2D eigenvalue weighted by atomic mass is 32.1. The maximum atomic E-state index is 6.32. The Labute approximate surface area is 170 Å². The van der Waals surface area contributed by atoms with E-state index in [-0.39, 0.29) is 0 Å². The molecule has 27 heavy (non-hydrogen) atoms. The van der Waals surface area contributed by atoms with E-state index in [1.807, 2.05) is 60.7 Å². The van der Waals surface area contributed by atoms with Crippen molar-refractivity contribution < 1.29 is 4.74 Å². The number of rotatable bonds is 4. The Balaban J connectivity index is 1.89. The van der Waals surface area contributed by atoms with Crippen molar-refractivity contribution in [3.8, 4) is 28.0 Å². The summed E-state index contributed by atoms with van der Waals surface area (Å²) in [5.41, 5.74) is 4.39. The quantitative estimate of drug-likeness (QED) is 0.386. The van der Waals surface area contributed by atoms with E-state index in [0.717, 1.165) is 49.9 Å². The molecule has 4 rings (SSSR count). The zero-order valence-corrected chi connectivity index (χ0v) is 16.3. The molecule has 132 valence electrons. The number of ether oxygens (including phenoxy) is 1. The van der Waals surface area contributed by atoms with Crippen LogP contribution in [0.1, 0.15) is 6.42 Å². The van der Waals surface area contributed by atoms with Gasteiger partial charge in [-0.05, 0) is 41.0 Å². The van der Waals surface area contributed by atoms with Crippen LogP contribution >= 0.6 is 24.8 Å². The highest BCUT2D eigenvalue weighted by Gasteiger charge is 2.18. The zero-order chi connectivity index (χ0) is 18.6. The predicted molar refractivity (Wildman–Crippen MR) is 120 cm³/mol. The van der Waals surface area contributed by atoms with Gasteiger partial charge in [-0.3, -0.25) is 0 Å². The van der Waals surface area contributed by atoms with Crippen LogP contribution in [0, 0.1) is 0 Å². The van der Waals surface area contributed by atoms with Crippen LogP contribution in [0.25, 0.3) is 22.3 Å². The Morgan fingerprint density at radius 3 is 2.07 bits per heavy atom. The van der Waals surface area contributed by atoms with Crippen LogP contribution in [0.2, 0.25) is 0 Å². The molecule has 0 N–H and O–H groups in total. The first-order chi connectivity index (χ1) is 13.2. The number of allylic oxidation sites excluding steroid dienone is 3. The molecule has 3 aromatic rings. The molecule has 0 saturated carbocycles. The van der Waals surface area contributed by atoms with Crippen LogP contribution in [0.3, 0.4) is 0 Å². The van der Waals surface area contributed by atoms with E-state index in [9.17, 15) is 0 Å². The summed E-state index contributed by atoms with van der Waals surface area (Å²) in [6.07, 6.45) is 6.58. The number of hydrogen-bond acceptors (Lipinski definition) is 3. The minimum Gasteiger partial charge on any atom is -0.456 e. The standard InChI is InChI=1S/C24H18OS2/c26-20-13-11-19(12-14-20)25-24-22(27)16-15-21(17-7-3-1-4-8-17)23(24)18-9-5-2-6-10-18/h1-13,15-16,27H,14H2. The highest BCUT2D eigenvalue weighted by Crippen LogP contribution is 2.43. The minimum absolute atomic E-state index is 0.724. The van der Waals surface area contributed by atoms with Crippen molar-refractivity contribution in [1.82, 2.24) is 0 Å². The third-order valence-electron chi connectivity index (χ3n) is 4.44. The fourth-order valence-electron chi connectivity index (χ4n) is 3.13. The summed E-state index contributed by atoms with van der Waals surface area (Å²) in [5.74, 6) is 1.55. The zero-order valence-electron chi connectivity index (χ0n) is 14.6. The van der Waals surface area contributed by atoms with Crippen molar-refractivity contribution in [2.24, 2.45) is 0 Å². The van der Waals surface area contributed by atoms with Crippen LogP contribution in [0.15, 0.2) is 102 Å². The Morgan fingerprint density at radius 2 is 1.44 bits per heavy atom. The summed E-state index contributed by atoms with van der Waals surface area (Å²) in [6.45, 7) is 0. The molecule has 0 radical (unpaired) electrons. The van der Waals surface area contributed by atoms with Crippen LogP contribution in [-0.4, -0.2) is 4.86 Å². The Morgan fingerprint density at radius 1 is 0.778 bits per heavy atom. The monoisotopic (exact) mass is 386 g/mol. The van der Waals surface area contributed by atoms with E-state index < -0.39 is 0 Å². The minimum atomic E-state index is 0.724. The second-order valence-corrected chi connectivity index (χ2v) is 7.29. The number of thiol groups is 1. The smallest absolute Gasteiger partial charge is 0.149 e. The maximum absolute atomic E-state index is 6.32. The van der Waals surface area contributed by atoms with E-state index in [1.54, 1.807) is 0 Å². The SMILES string of the molecule is S=C1C=CC(Oc2c(S)ccc(-c3ccccc3)c2-c2ccccc2)=CC1. The van der Waals surface area contributed by atoms with Crippen LogP contribution in [-0.2, 0) is 0 Å². The van der Waals surface area contributed by atoms with Crippen molar-refractivity contribution in [1.29, 1.82) is 0 Å². The van der Waals surface area contributed by atoms with Gasteiger partial charge in [0.15, 0.2) is 0 Å². The lowest BCUT2D eigenvalue weighted by atomic mass is 9.93. The first-order valence-corrected chi connectivity index (χ1v) is 9.63. The van der Waals surface area contributed by atoms with Crippen LogP contribution in [0.5, 0.6) is 5.75 Å². The van der Waals surface area contributed by atoms with Crippen molar-refractivity contribution in [3.05, 3.63) is 96.8 Å². The Hall–Kier alpha value is -2.62. The molecule has 0 aromatic heterocycles. The van der Waals surface area contributed by atoms with E-state index in [2.05, 4.69) is 30.3 Å². The molecule has 0 aliphatic heterocycles. The molecule has 3 aromatic carbocycles. The van der Waals surface area contributed by atoms with Crippen molar-refractivity contribution in [2.75, 3.05) is 0 Å². The predicted octanol–water partition coefficient (Wildman–Crippen LogP) is 6.90. The molecular weight excluding hydrogens is 368 g/mol. The number of thiocarbonyl (C=S) groups is 1. The lowest BCUT2D eigenvalue weighted by Gasteiger charge is -2.19. The van der Waals surface area contributed by atoms with E-state index >= 15 is 0 Å². The van der Waals surface area contributed by atoms with Crippen molar-refractivity contribution >= 4 is 29.7 Å². The molecule has 3 heteroatoms. The highest BCUT2D eigenvalue weighted by molar-refractivity contribution is 7.80. The van der Waals surface area contributed by atoms with Gasteiger partial charge in [-0.15, -0.1) is 12.6 Å². The molecule has 0 fully saturated rings. The molecule has 1 nitrogen and oxygen atoms in total. The third-order valence-corrected chi connectivity index (χ3v) is 5.10. The average molecular weight is 387 g/mol. The molecule has 1 aliphatic carbocycles. The van der Waals surface area contributed by atoms with Crippen LogP contribution in [0.4, 0.5) is 0 Å². The van der Waals surface area contributed by atoms with Crippen molar-refractivity contribution in [2.45, 2.75) is 11.3 Å². The lowest BCUT2D eigenvalue weighted by Crippen LogP contribution is -2.02. The molecule has 0 unspecified atom stereocenters. The fourth-order valence-corrected chi connectivity index (χ4v) is 3.51. The Kier molecular flexibility index (Phi) is 5.23. The second kappa shape index (κ2) is 7.95. The summed E-state index contributed by atoms with van der Waals surface area (Å²) >= 11 is 9.93. The van der Waals surface area contributed by atoms with Gasteiger partial charge >= 0.3 is 0 Å². The van der Waals surface area contributed by atoms with Gasteiger partial charge in [-0.25, -0.2) is 0 Å². The first-order valence-electron chi connectivity index (χ1n) is 8.78.